The van der Waals surface area contributed by atoms with Crippen LogP contribution in [0.25, 0.3) is 0 Å². The van der Waals surface area contributed by atoms with Crippen molar-refractivity contribution in [3.8, 4) is 0 Å². The number of sulfonamides is 1. The van der Waals surface area contributed by atoms with Crippen LogP contribution in [0.4, 0.5) is 5.69 Å². The van der Waals surface area contributed by atoms with Crippen molar-refractivity contribution in [1.29, 1.82) is 0 Å². The zero-order valence-corrected chi connectivity index (χ0v) is 14.7. The van der Waals surface area contributed by atoms with Gasteiger partial charge in [-0.25, -0.2) is 13.1 Å². The highest BCUT2D eigenvalue weighted by molar-refractivity contribution is 7.91. The van der Waals surface area contributed by atoms with Crippen molar-refractivity contribution in [1.82, 2.24) is 4.72 Å². The molecule has 0 fully saturated rings. The third-order valence-electron chi connectivity index (χ3n) is 2.44. The van der Waals surface area contributed by atoms with Gasteiger partial charge in [0.25, 0.3) is 10.0 Å². The van der Waals surface area contributed by atoms with Crippen molar-refractivity contribution in [2.45, 2.75) is 4.21 Å². The van der Waals surface area contributed by atoms with Crippen LogP contribution in [0.5, 0.6) is 0 Å². The van der Waals surface area contributed by atoms with Crippen LogP contribution in [0, 0.1) is 0 Å². The fraction of sp³-hybridized carbons (Fsp3) is 0.0833. The summed E-state index contributed by atoms with van der Waals surface area (Å²) >= 11 is 18.3. The molecule has 0 atom stereocenters. The molecule has 22 heavy (non-hydrogen) atoms. The summed E-state index contributed by atoms with van der Waals surface area (Å²) in [6.45, 7) is -0.444. The first-order valence-electron chi connectivity index (χ1n) is 5.78. The van der Waals surface area contributed by atoms with E-state index in [0.29, 0.717) is 20.1 Å². The molecule has 0 aliphatic rings. The molecule has 0 radical (unpaired) electrons. The first-order chi connectivity index (χ1) is 10.3. The van der Waals surface area contributed by atoms with Crippen LogP contribution >= 0.6 is 46.1 Å². The van der Waals surface area contributed by atoms with Crippen LogP contribution in [0.3, 0.4) is 0 Å². The molecule has 1 heterocycles. The molecule has 0 spiro atoms. The molecule has 1 aromatic carbocycles. The lowest BCUT2D eigenvalue weighted by Crippen LogP contribution is -2.32. The van der Waals surface area contributed by atoms with Crippen LogP contribution in [0.1, 0.15) is 0 Å². The lowest BCUT2D eigenvalue weighted by molar-refractivity contribution is -0.115. The molecule has 1 aromatic heterocycles. The first kappa shape index (κ1) is 17.5. The van der Waals surface area contributed by atoms with Gasteiger partial charge < -0.3 is 5.32 Å². The normalized spacial score (nSPS) is 11.4. The first-order valence-corrected chi connectivity index (χ1v) is 9.21. The molecule has 0 saturated carbocycles. The lowest BCUT2D eigenvalue weighted by atomic mass is 10.3. The number of thiophene rings is 1. The van der Waals surface area contributed by atoms with Gasteiger partial charge in [0.05, 0.1) is 21.6 Å². The lowest BCUT2D eigenvalue weighted by Gasteiger charge is -2.08. The fourth-order valence-electron chi connectivity index (χ4n) is 1.46. The molecule has 0 saturated heterocycles. The zero-order valence-electron chi connectivity index (χ0n) is 10.8. The third kappa shape index (κ3) is 4.58. The van der Waals surface area contributed by atoms with Crippen LogP contribution < -0.4 is 10.0 Å². The summed E-state index contributed by atoms with van der Waals surface area (Å²) in [6, 6.07) is 7.39. The van der Waals surface area contributed by atoms with Crippen molar-refractivity contribution >= 4 is 67.8 Å². The van der Waals surface area contributed by atoms with Crippen molar-refractivity contribution in [2.75, 3.05) is 11.9 Å². The van der Waals surface area contributed by atoms with Gasteiger partial charge in [-0.3, -0.25) is 4.79 Å². The molecule has 1 amide bonds. The Hall–Kier alpha value is -0.830. The van der Waals surface area contributed by atoms with E-state index >= 15 is 0 Å². The smallest absolute Gasteiger partial charge is 0.250 e. The van der Waals surface area contributed by atoms with Crippen LogP contribution in [0.2, 0.25) is 14.4 Å². The summed E-state index contributed by atoms with van der Waals surface area (Å²) in [5, 5.41) is 3.17. The van der Waals surface area contributed by atoms with E-state index in [9.17, 15) is 13.2 Å². The molecule has 0 aliphatic carbocycles. The number of hydrogen-bond donors (Lipinski definition) is 2. The van der Waals surface area contributed by atoms with Crippen LogP contribution in [-0.4, -0.2) is 20.9 Å². The maximum absolute atomic E-state index is 11.9. The van der Waals surface area contributed by atoms with Gasteiger partial charge in [-0.15, -0.1) is 11.3 Å². The predicted molar refractivity (Wildman–Crippen MR) is 89.6 cm³/mol. The van der Waals surface area contributed by atoms with Crippen LogP contribution in [-0.2, 0) is 14.8 Å². The molecule has 0 unspecified atom stereocenters. The highest BCUT2D eigenvalue weighted by Crippen LogP contribution is 2.26. The Morgan fingerprint density at radius 1 is 1.14 bits per heavy atom. The van der Waals surface area contributed by atoms with Gasteiger partial charge in [-0.1, -0.05) is 34.8 Å². The minimum absolute atomic E-state index is 0.0334. The number of halogens is 3. The summed E-state index contributed by atoms with van der Waals surface area (Å²) in [6.07, 6.45) is 0. The minimum Gasteiger partial charge on any atom is -0.324 e. The van der Waals surface area contributed by atoms with Gasteiger partial charge in [-0.05, 0) is 30.3 Å². The zero-order chi connectivity index (χ0) is 16.3. The number of carbonyl (C=O) groups excluding carboxylic acids is 1. The molecular formula is C12H9Cl3N2O3S2. The maximum Gasteiger partial charge on any atom is 0.250 e. The number of rotatable bonds is 5. The molecule has 10 heteroatoms. The molecule has 0 bridgehead atoms. The Labute approximate surface area is 146 Å². The van der Waals surface area contributed by atoms with E-state index in [1.54, 1.807) is 6.07 Å². The summed E-state index contributed by atoms with van der Waals surface area (Å²) < 4.78 is 26.4. The van der Waals surface area contributed by atoms with Crippen LogP contribution in [0.15, 0.2) is 34.5 Å². The van der Waals surface area contributed by atoms with Gasteiger partial charge in [-0.2, -0.15) is 0 Å². The number of hydrogen-bond acceptors (Lipinski definition) is 4. The molecule has 0 aliphatic heterocycles. The molecule has 2 aromatic rings. The van der Waals surface area contributed by atoms with E-state index in [4.69, 9.17) is 34.8 Å². The predicted octanol–water partition coefficient (Wildman–Crippen LogP) is 3.63. The summed E-state index contributed by atoms with van der Waals surface area (Å²) in [7, 11) is -3.78. The minimum atomic E-state index is -3.78. The SMILES string of the molecule is O=C(CNS(=O)(=O)c1ccc(Cl)s1)Nc1cc(Cl)ccc1Cl. The average Bonchev–Trinajstić information content (AvgIpc) is 2.88. The molecule has 5 nitrogen and oxygen atoms in total. The number of nitrogens with one attached hydrogen (secondary N) is 2. The second kappa shape index (κ2) is 7.16. The summed E-state index contributed by atoms with van der Waals surface area (Å²) in [5.41, 5.74) is 0.303. The standard InChI is InChI=1S/C12H9Cl3N2O3S2/c13-7-1-2-8(14)9(5-7)17-11(18)6-16-22(19,20)12-4-3-10(15)21-12/h1-5,16H,6H2,(H,17,18). The number of anilines is 1. The van der Waals surface area contributed by atoms with E-state index in [0.717, 1.165) is 11.3 Å². The number of amides is 1. The highest BCUT2D eigenvalue weighted by atomic mass is 35.5. The molecule has 118 valence electrons. The largest absolute Gasteiger partial charge is 0.324 e. The Balaban J connectivity index is 1.99. The fourth-order valence-corrected chi connectivity index (χ4v) is 4.31. The quantitative estimate of drug-likeness (QED) is 0.806. The molecular weight excluding hydrogens is 391 g/mol. The van der Waals surface area contributed by atoms with Crippen molar-refractivity contribution < 1.29 is 13.2 Å². The Kier molecular flexibility index (Phi) is 5.70. The number of benzene rings is 1. The number of carbonyl (C=O) groups is 1. The Morgan fingerprint density at radius 2 is 1.86 bits per heavy atom. The van der Waals surface area contributed by atoms with Gasteiger partial charge >= 0.3 is 0 Å². The van der Waals surface area contributed by atoms with E-state index < -0.39 is 22.5 Å². The second-order valence-corrected chi connectivity index (χ2v) is 8.61. The Morgan fingerprint density at radius 3 is 2.50 bits per heavy atom. The maximum atomic E-state index is 11.9. The summed E-state index contributed by atoms with van der Waals surface area (Å²) in [4.78, 5) is 11.8. The van der Waals surface area contributed by atoms with Gasteiger partial charge in [0.1, 0.15) is 4.21 Å². The van der Waals surface area contributed by atoms with Gasteiger partial charge in [0.15, 0.2) is 0 Å². The Bertz CT molecular complexity index is 806. The molecule has 2 N–H and O–H groups in total. The second-order valence-electron chi connectivity index (χ2n) is 4.06. The molecule has 2 rings (SSSR count). The van der Waals surface area contributed by atoms with Gasteiger partial charge in [0, 0.05) is 5.02 Å². The van der Waals surface area contributed by atoms with E-state index in [1.165, 1.54) is 24.3 Å². The topological polar surface area (TPSA) is 75.3 Å². The van der Waals surface area contributed by atoms with Crippen molar-refractivity contribution in [2.24, 2.45) is 0 Å². The monoisotopic (exact) mass is 398 g/mol. The van der Waals surface area contributed by atoms with E-state index in [1.807, 2.05) is 0 Å². The van der Waals surface area contributed by atoms with Gasteiger partial charge in [0.2, 0.25) is 5.91 Å². The van der Waals surface area contributed by atoms with Crippen molar-refractivity contribution in [3.05, 3.63) is 44.7 Å². The van der Waals surface area contributed by atoms with E-state index in [2.05, 4.69) is 10.0 Å². The third-order valence-corrected chi connectivity index (χ3v) is 6.13. The van der Waals surface area contributed by atoms with Crippen molar-refractivity contribution in [3.63, 3.8) is 0 Å². The highest BCUT2D eigenvalue weighted by Gasteiger charge is 2.18. The van der Waals surface area contributed by atoms with E-state index in [-0.39, 0.29) is 4.21 Å². The summed E-state index contributed by atoms with van der Waals surface area (Å²) in [5.74, 6) is -0.574. The average molecular weight is 400 g/mol.